The Balaban J connectivity index is 2.30. The molecule has 0 saturated carbocycles. The maximum Gasteiger partial charge on any atom is 0.249 e. The van der Waals surface area contributed by atoms with E-state index in [-0.39, 0.29) is 12.8 Å². The van der Waals surface area contributed by atoms with Crippen molar-refractivity contribution in [2.24, 2.45) is 0 Å². The maximum atomic E-state index is 13.2. The van der Waals surface area contributed by atoms with E-state index in [2.05, 4.69) is 79.9 Å². The van der Waals surface area contributed by atoms with Crippen molar-refractivity contribution in [2.45, 2.75) is 319 Å². The van der Waals surface area contributed by atoms with Crippen LogP contribution in [0, 0.1) is 0 Å². The van der Waals surface area contributed by atoms with Gasteiger partial charge in [0.25, 0.3) is 0 Å². The predicted molar refractivity (Wildman–Crippen MR) is 307 cm³/mol. The topological polar surface area (TPSA) is 189 Å². The van der Waals surface area contributed by atoms with E-state index in [9.17, 15) is 40.5 Å². The van der Waals surface area contributed by atoms with Crippen LogP contribution in [0.3, 0.4) is 0 Å². The molecule has 0 radical (unpaired) electrons. The van der Waals surface area contributed by atoms with Crippen molar-refractivity contribution in [1.82, 2.24) is 5.32 Å². The van der Waals surface area contributed by atoms with Gasteiger partial charge in [-0.1, -0.05) is 229 Å². The number of nitrogens with one attached hydrogen (secondary N) is 1. The van der Waals surface area contributed by atoms with Crippen LogP contribution in [0.15, 0.2) is 60.8 Å². The molecule has 1 aliphatic heterocycles. The van der Waals surface area contributed by atoms with Crippen molar-refractivity contribution in [2.75, 3.05) is 13.2 Å². The van der Waals surface area contributed by atoms with Crippen molar-refractivity contribution in [1.29, 1.82) is 0 Å². The molecule has 1 amide bonds. The molecule has 74 heavy (non-hydrogen) atoms. The summed E-state index contributed by atoms with van der Waals surface area (Å²) in [6.45, 7) is 3.44. The zero-order valence-corrected chi connectivity index (χ0v) is 47.3. The monoisotopic (exact) mass is 1050 g/mol. The van der Waals surface area contributed by atoms with E-state index in [1.54, 1.807) is 0 Å². The number of aliphatic hydroxyl groups excluding tert-OH is 7. The lowest BCUT2D eigenvalue weighted by molar-refractivity contribution is -0.303. The van der Waals surface area contributed by atoms with Crippen LogP contribution in [0.4, 0.5) is 0 Å². The molecule has 9 atom stereocenters. The number of carbonyl (C=O) groups excluding carboxylic acids is 1. The first-order chi connectivity index (χ1) is 36.2. The van der Waals surface area contributed by atoms with Crippen LogP contribution in [0.5, 0.6) is 0 Å². The Morgan fingerprint density at radius 2 is 0.851 bits per heavy atom. The fraction of sp³-hybridized carbons (Fsp3) is 0.825. The minimum Gasteiger partial charge on any atom is -0.394 e. The average Bonchev–Trinajstić information content (AvgIpc) is 3.40. The molecule has 1 saturated heterocycles. The highest BCUT2D eigenvalue weighted by molar-refractivity contribution is 5.80. The largest absolute Gasteiger partial charge is 0.394 e. The molecular weight excluding hydrogens is 931 g/mol. The average molecular weight is 1050 g/mol. The summed E-state index contributed by atoms with van der Waals surface area (Å²) in [6, 6.07) is -1.20. The van der Waals surface area contributed by atoms with Crippen LogP contribution >= 0.6 is 0 Å². The zero-order chi connectivity index (χ0) is 54.0. The smallest absolute Gasteiger partial charge is 0.249 e. The number of ether oxygens (including phenoxy) is 2. The molecule has 0 aromatic rings. The molecule has 0 spiro atoms. The van der Waals surface area contributed by atoms with Crippen molar-refractivity contribution in [3.05, 3.63) is 60.8 Å². The van der Waals surface area contributed by atoms with Gasteiger partial charge in [0.05, 0.1) is 25.4 Å². The van der Waals surface area contributed by atoms with Gasteiger partial charge in [-0.05, 0) is 96.3 Å². The lowest BCUT2D eigenvalue weighted by Gasteiger charge is -2.40. The van der Waals surface area contributed by atoms with Crippen LogP contribution < -0.4 is 5.32 Å². The summed E-state index contributed by atoms with van der Waals surface area (Å²) in [5.74, 6) is -0.713. The molecule has 1 heterocycles. The van der Waals surface area contributed by atoms with Crippen LogP contribution in [0.1, 0.15) is 264 Å². The number of aliphatic hydroxyl groups is 7. The van der Waals surface area contributed by atoms with Crippen LogP contribution in [0.25, 0.3) is 0 Å². The standard InChI is InChI=1S/C63H115NO10/c1-3-5-7-9-11-13-15-17-19-21-23-24-25-26-27-28-29-30-31-33-35-37-39-41-43-45-47-49-51-56(67)62(72)64-54(53-73-63-61(71)60(70)59(69)57(52-65)74-63)58(68)55(66)50-48-46-44-42-40-38-36-34-32-22-20-18-16-14-12-10-8-6-4-2/h18,20,23-24,26-27,34,36,42,44,54-61,63,65-71H,3-17,19,21-22,25,28-33,35,37-41,43,45-53H2,1-2H3,(H,64,72)/b20-18+,24-23-,27-26-,36-34+,44-42+. The van der Waals surface area contributed by atoms with Gasteiger partial charge in [-0.25, -0.2) is 0 Å². The second kappa shape index (κ2) is 51.6. The SMILES string of the molecule is CCCCCCCC/C=C/CC/C=C/CC/C=C/CCCC(O)C(O)C(COC1OC(CO)C(O)C(O)C1O)NC(=O)C(O)CCCCCCCCCCCCCC/C=C\C/C=C\CCCCCCCCCCC. The second-order valence-electron chi connectivity index (χ2n) is 21.4. The van der Waals surface area contributed by atoms with Gasteiger partial charge in [-0.15, -0.1) is 0 Å². The third kappa shape index (κ3) is 39.2. The van der Waals surface area contributed by atoms with Gasteiger partial charge < -0.3 is 50.5 Å². The summed E-state index contributed by atoms with van der Waals surface area (Å²) in [6.07, 6.45) is 55.6. The van der Waals surface area contributed by atoms with E-state index >= 15 is 0 Å². The van der Waals surface area contributed by atoms with E-state index in [1.807, 2.05) is 0 Å². The zero-order valence-electron chi connectivity index (χ0n) is 47.3. The number of amides is 1. The Bertz CT molecular complexity index is 1380. The minimum absolute atomic E-state index is 0.239. The van der Waals surface area contributed by atoms with Gasteiger partial charge in [-0.3, -0.25) is 4.79 Å². The summed E-state index contributed by atoms with van der Waals surface area (Å²) >= 11 is 0. The van der Waals surface area contributed by atoms with E-state index in [1.165, 1.54) is 167 Å². The highest BCUT2D eigenvalue weighted by Crippen LogP contribution is 2.23. The van der Waals surface area contributed by atoms with Crippen molar-refractivity contribution in [3.8, 4) is 0 Å². The molecule has 11 heteroatoms. The quantitative estimate of drug-likeness (QED) is 0.0215. The molecule has 9 unspecified atom stereocenters. The molecule has 0 aliphatic carbocycles. The third-order valence-electron chi connectivity index (χ3n) is 14.5. The van der Waals surface area contributed by atoms with Gasteiger partial charge in [-0.2, -0.15) is 0 Å². The molecule has 0 aromatic carbocycles. The Labute approximate surface area is 452 Å². The van der Waals surface area contributed by atoms with Crippen molar-refractivity contribution < 1.29 is 50.0 Å². The van der Waals surface area contributed by atoms with Gasteiger partial charge in [0.2, 0.25) is 5.91 Å². The fourth-order valence-corrected chi connectivity index (χ4v) is 9.50. The van der Waals surface area contributed by atoms with Gasteiger partial charge in [0.15, 0.2) is 6.29 Å². The van der Waals surface area contributed by atoms with Gasteiger partial charge >= 0.3 is 0 Å². The van der Waals surface area contributed by atoms with E-state index < -0.39 is 74.2 Å². The Morgan fingerprint density at radius 3 is 1.28 bits per heavy atom. The Kier molecular flexibility index (Phi) is 48.7. The predicted octanol–water partition coefficient (Wildman–Crippen LogP) is 13.4. The molecule has 11 nitrogen and oxygen atoms in total. The number of hydrogen-bond acceptors (Lipinski definition) is 10. The van der Waals surface area contributed by atoms with Crippen molar-refractivity contribution in [3.63, 3.8) is 0 Å². The highest BCUT2D eigenvalue weighted by Gasteiger charge is 2.44. The van der Waals surface area contributed by atoms with Crippen LogP contribution in [0.2, 0.25) is 0 Å². The Hall–Kier alpha value is -2.19. The number of allylic oxidation sites excluding steroid dienone is 10. The molecule has 1 fully saturated rings. The Morgan fingerprint density at radius 1 is 0.473 bits per heavy atom. The number of rotatable bonds is 52. The molecule has 0 bridgehead atoms. The number of carbonyl (C=O) groups is 1. The highest BCUT2D eigenvalue weighted by atomic mass is 16.7. The first-order valence-electron chi connectivity index (χ1n) is 30.7. The fourth-order valence-electron chi connectivity index (χ4n) is 9.50. The number of unbranched alkanes of at least 4 members (excludes halogenated alkanes) is 30. The molecule has 1 rings (SSSR count). The summed E-state index contributed by atoms with van der Waals surface area (Å²) in [4.78, 5) is 13.2. The second-order valence-corrected chi connectivity index (χ2v) is 21.4. The van der Waals surface area contributed by atoms with Crippen molar-refractivity contribution >= 4 is 5.91 Å². The first-order valence-corrected chi connectivity index (χ1v) is 30.7. The van der Waals surface area contributed by atoms with E-state index in [0.29, 0.717) is 19.3 Å². The van der Waals surface area contributed by atoms with E-state index in [0.717, 1.165) is 51.4 Å². The van der Waals surface area contributed by atoms with Crippen LogP contribution in [-0.2, 0) is 14.3 Å². The summed E-state index contributed by atoms with van der Waals surface area (Å²) < 4.78 is 11.1. The molecule has 0 aromatic heterocycles. The van der Waals surface area contributed by atoms with Gasteiger partial charge in [0, 0.05) is 0 Å². The number of hydrogen-bond donors (Lipinski definition) is 8. The summed E-state index contributed by atoms with van der Waals surface area (Å²) in [7, 11) is 0. The van der Waals surface area contributed by atoms with E-state index in [4.69, 9.17) is 9.47 Å². The molecule has 432 valence electrons. The maximum absolute atomic E-state index is 13.2. The normalized spacial score (nSPS) is 20.3. The lowest BCUT2D eigenvalue weighted by Crippen LogP contribution is -2.60. The summed E-state index contributed by atoms with van der Waals surface area (Å²) in [5, 5.41) is 76.2. The molecule has 1 aliphatic rings. The minimum atomic E-state index is -1.68. The van der Waals surface area contributed by atoms with Crippen LogP contribution in [-0.4, -0.2) is 110 Å². The molecular formula is C63H115NO10. The third-order valence-corrected chi connectivity index (χ3v) is 14.5. The molecule has 8 N–H and O–H groups in total. The lowest BCUT2D eigenvalue weighted by atomic mass is 9.98. The summed E-state index contributed by atoms with van der Waals surface area (Å²) in [5.41, 5.74) is 0. The first kappa shape index (κ1) is 69.8. The van der Waals surface area contributed by atoms with Gasteiger partial charge in [0.1, 0.15) is 36.6 Å².